The third-order valence-electron chi connectivity index (χ3n) is 6.64. The second-order valence-corrected chi connectivity index (χ2v) is 10.5. The van der Waals surface area contributed by atoms with Crippen LogP contribution in [0.15, 0.2) is 42.6 Å². The smallest absolute Gasteiger partial charge is 0.306 e. The van der Waals surface area contributed by atoms with E-state index in [0.29, 0.717) is 17.1 Å². The molecular formula is C23H21ClIN3O3. The quantitative estimate of drug-likeness (QED) is 0.451. The third-order valence-corrected chi connectivity index (χ3v) is 7.69. The summed E-state index contributed by atoms with van der Waals surface area (Å²) in [6.45, 7) is 0.546. The van der Waals surface area contributed by atoms with E-state index in [0.717, 1.165) is 45.7 Å². The van der Waals surface area contributed by atoms with Crippen molar-refractivity contribution in [1.82, 2.24) is 15.1 Å². The normalized spacial score (nSPS) is 24.6. The number of halogens is 2. The SMILES string of the molecule is O=C(NC1CC2(C1)CC(C(=O)O)C2)c1ccc(Cl)c2cnn(Cc3ccc(I)cc3)c12. The van der Waals surface area contributed by atoms with E-state index in [4.69, 9.17) is 16.7 Å². The van der Waals surface area contributed by atoms with Crippen LogP contribution in [0.5, 0.6) is 0 Å². The Balaban J connectivity index is 1.34. The molecule has 8 heteroatoms. The number of amides is 1. The van der Waals surface area contributed by atoms with Crippen LogP contribution in [0.2, 0.25) is 5.02 Å². The summed E-state index contributed by atoms with van der Waals surface area (Å²) in [5.41, 5.74) is 2.49. The Bertz CT molecular complexity index is 1180. The number of aliphatic carboxylic acids is 1. The maximum absolute atomic E-state index is 13.1. The van der Waals surface area contributed by atoms with Gasteiger partial charge < -0.3 is 10.4 Å². The molecule has 1 amide bonds. The van der Waals surface area contributed by atoms with E-state index in [1.807, 2.05) is 16.8 Å². The van der Waals surface area contributed by atoms with Crippen LogP contribution in [0.4, 0.5) is 0 Å². The van der Waals surface area contributed by atoms with Gasteiger partial charge in [-0.25, -0.2) is 0 Å². The Morgan fingerprint density at radius 2 is 1.87 bits per heavy atom. The van der Waals surface area contributed by atoms with E-state index < -0.39 is 5.97 Å². The zero-order valence-electron chi connectivity index (χ0n) is 16.6. The summed E-state index contributed by atoms with van der Waals surface area (Å²) < 4.78 is 2.98. The van der Waals surface area contributed by atoms with E-state index in [-0.39, 0.29) is 23.3 Å². The summed E-state index contributed by atoms with van der Waals surface area (Å²) in [5, 5.41) is 18.1. The number of nitrogens with zero attached hydrogens (tertiary/aromatic N) is 2. The van der Waals surface area contributed by atoms with E-state index >= 15 is 0 Å². The topological polar surface area (TPSA) is 84.2 Å². The summed E-state index contributed by atoms with van der Waals surface area (Å²) >= 11 is 8.65. The van der Waals surface area contributed by atoms with Crippen molar-refractivity contribution < 1.29 is 14.7 Å². The number of carbonyl (C=O) groups excluding carboxylic acids is 1. The van der Waals surface area contributed by atoms with Crippen LogP contribution in [-0.2, 0) is 11.3 Å². The van der Waals surface area contributed by atoms with E-state index in [1.165, 1.54) is 0 Å². The first kappa shape index (κ1) is 20.8. The second kappa shape index (κ2) is 7.78. The number of fused-ring (bicyclic) bond motifs is 1. The van der Waals surface area contributed by atoms with Crippen LogP contribution in [-0.4, -0.2) is 32.8 Å². The lowest BCUT2D eigenvalue weighted by molar-refractivity contribution is -0.155. The number of benzene rings is 2. The van der Waals surface area contributed by atoms with Gasteiger partial charge in [0.15, 0.2) is 0 Å². The molecule has 0 bridgehead atoms. The fourth-order valence-corrected chi connectivity index (χ4v) is 5.64. The molecule has 2 saturated carbocycles. The van der Waals surface area contributed by atoms with Crippen LogP contribution < -0.4 is 5.32 Å². The third kappa shape index (κ3) is 3.82. The molecule has 2 aromatic carbocycles. The van der Waals surface area contributed by atoms with Crippen molar-refractivity contribution in [3.05, 3.63) is 62.3 Å². The van der Waals surface area contributed by atoms with E-state index in [1.54, 1.807) is 18.3 Å². The highest BCUT2D eigenvalue weighted by molar-refractivity contribution is 14.1. The Morgan fingerprint density at radius 3 is 2.55 bits per heavy atom. The number of hydrogen-bond acceptors (Lipinski definition) is 3. The number of hydrogen-bond donors (Lipinski definition) is 2. The highest BCUT2D eigenvalue weighted by Gasteiger charge is 2.55. The lowest BCUT2D eigenvalue weighted by atomic mass is 9.50. The molecular weight excluding hydrogens is 529 g/mol. The molecule has 0 aliphatic heterocycles. The summed E-state index contributed by atoms with van der Waals surface area (Å²) in [7, 11) is 0. The number of aromatic nitrogens is 2. The Labute approximate surface area is 198 Å². The zero-order chi connectivity index (χ0) is 21.8. The first-order chi connectivity index (χ1) is 14.8. The minimum Gasteiger partial charge on any atom is -0.481 e. The fourth-order valence-electron chi connectivity index (χ4n) is 5.08. The predicted octanol–water partition coefficient (Wildman–Crippen LogP) is 4.72. The molecule has 31 heavy (non-hydrogen) atoms. The molecule has 2 N–H and O–H groups in total. The highest BCUT2D eigenvalue weighted by Crippen LogP contribution is 2.58. The van der Waals surface area contributed by atoms with Crippen molar-refractivity contribution in [2.45, 2.75) is 38.3 Å². The molecule has 160 valence electrons. The lowest BCUT2D eigenvalue weighted by Gasteiger charge is -2.56. The average molecular weight is 550 g/mol. The largest absolute Gasteiger partial charge is 0.481 e. The predicted molar refractivity (Wildman–Crippen MR) is 126 cm³/mol. The van der Waals surface area contributed by atoms with Crippen molar-refractivity contribution in [3.8, 4) is 0 Å². The number of rotatable bonds is 5. The van der Waals surface area contributed by atoms with Crippen LogP contribution in [0.3, 0.4) is 0 Å². The van der Waals surface area contributed by atoms with Gasteiger partial charge in [0.2, 0.25) is 0 Å². The monoisotopic (exact) mass is 549 g/mol. The molecule has 0 radical (unpaired) electrons. The molecule has 6 nitrogen and oxygen atoms in total. The van der Waals surface area contributed by atoms with Gasteiger partial charge in [0.25, 0.3) is 5.91 Å². The van der Waals surface area contributed by atoms with E-state index in [2.05, 4.69) is 45.1 Å². The van der Waals surface area contributed by atoms with Crippen LogP contribution in [0.1, 0.15) is 41.6 Å². The number of carboxylic acids is 1. The first-order valence-electron chi connectivity index (χ1n) is 10.3. The van der Waals surface area contributed by atoms with Crippen molar-refractivity contribution in [2.24, 2.45) is 11.3 Å². The molecule has 1 heterocycles. The molecule has 1 aromatic heterocycles. The van der Waals surface area contributed by atoms with Crippen LogP contribution >= 0.6 is 34.2 Å². The standard InChI is InChI=1S/C23H21ClIN3O3/c24-19-6-5-17(21(29)27-16-9-23(10-16)7-14(8-23)22(30)31)20-18(19)11-26-28(20)12-13-1-3-15(25)4-2-13/h1-6,11,14,16H,7-10,12H2,(H,27,29)(H,30,31). The van der Waals surface area contributed by atoms with Crippen molar-refractivity contribution in [1.29, 1.82) is 0 Å². The molecule has 3 aromatic rings. The summed E-state index contributed by atoms with van der Waals surface area (Å²) in [6, 6.07) is 11.8. The maximum Gasteiger partial charge on any atom is 0.306 e. The maximum atomic E-state index is 13.1. The molecule has 0 saturated heterocycles. The van der Waals surface area contributed by atoms with Gasteiger partial charge in [0, 0.05) is 15.0 Å². The Morgan fingerprint density at radius 1 is 1.16 bits per heavy atom. The molecule has 1 spiro atoms. The summed E-state index contributed by atoms with van der Waals surface area (Å²) in [6.07, 6.45) is 4.85. The van der Waals surface area contributed by atoms with Gasteiger partial charge >= 0.3 is 5.97 Å². The van der Waals surface area contributed by atoms with Gasteiger partial charge in [0.05, 0.1) is 34.8 Å². The molecule has 2 fully saturated rings. The van der Waals surface area contributed by atoms with Crippen LogP contribution in [0.25, 0.3) is 10.9 Å². The van der Waals surface area contributed by atoms with Gasteiger partial charge in [-0.05, 0) is 83.5 Å². The molecule has 0 unspecified atom stereocenters. The molecule has 5 rings (SSSR count). The zero-order valence-corrected chi connectivity index (χ0v) is 19.6. The second-order valence-electron chi connectivity index (χ2n) is 8.81. The minimum atomic E-state index is -0.706. The van der Waals surface area contributed by atoms with Gasteiger partial charge in [0.1, 0.15) is 0 Å². The average Bonchev–Trinajstić information content (AvgIpc) is 3.09. The highest BCUT2D eigenvalue weighted by atomic mass is 127. The Hall–Kier alpha value is -2.13. The summed E-state index contributed by atoms with van der Waals surface area (Å²) in [4.78, 5) is 24.2. The van der Waals surface area contributed by atoms with Crippen molar-refractivity contribution in [3.63, 3.8) is 0 Å². The van der Waals surface area contributed by atoms with Gasteiger partial charge in [-0.1, -0.05) is 23.7 Å². The van der Waals surface area contributed by atoms with E-state index in [9.17, 15) is 9.59 Å². The van der Waals surface area contributed by atoms with Gasteiger partial charge in [-0.2, -0.15) is 5.10 Å². The molecule has 0 atom stereocenters. The molecule has 2 aliphatic rings. The lowest BCUT2D eigenvalue weighted by Crippen LogP contribution is -2.57. The van der Waals surface area contributed by atoms with Gasteiger partial charge in [-0.15, -0.1) is 0 Å². The fraction of sp³-hybridized carbons (Fsp3) is 0.348. The Kier molecular flexibility index (Phi) is 5.21. The molecule has 2 aliphatic carbocycles. The number of carboxylic acid groups (broad SMARTS) is 1. The van der Waals surface area contributed by atoms with Crippen LogP contribution in [0, 0.1) is 14.9 Å². The first-order valence-corrected chi connectivity index (χ1v) is 11.7. The number of carbonyl (C=O) groups is 2. The number of nitrogens with one attached hydrogen (secondary N) is 1. The van der Waals surface area contributed by atoms with Crippen molar-refractivity contribution >= 4 is 57.0 Å². The van der Waals surface area contributed by atoms with Gasteiger partial charge in [-0.3, -0.25) is 14.3 Å². The van der Waals surface area contributed by atoms with Crippen molar-refractivity contribution in [2.75, 3.05) is 0 Å². The summed E-state index contributed by atoms with van der Waals surface area (Å²) in [5.74, 6) is -1.06. The minimum absolute atomic E-state index is 0.0838.